The first-order valence-electron chi connectivity index (χ1n) is 6.05. The van der Waals surface area contributed by atoms with Crippen LogP contribution in [0.1, 0.15) is 11.3 Å². The van der Waals surface area contributed by atoms with Crippen LogP contribution in [0.5, 0.6) is 0 Å². The molecule has 2 aromatic rings. The van der Waals surface area contributed by atoms with Gasteiger partial charge in [0, 0.05) is 11.1 Å². The summed E-state index contributed by atoms with van der Waals surface area (Å²) in [7, 11) is -2.00. The van der Waals surface area contributed by atoms with E-state index >= 15 is 0 Å². The van der Waals surface area contributed by atoms with Gasteiger partial charge >= 0.3 is 0 Å². The van der Waals surface area contributed by atoms with Gasteiger partial charge < -0.3 is 9.73 Å². The van der Waals surface area contributed by atoms with Gasteiger partial charge in [-0.2, -0.15) is 0 Å². The van der Waals surface area contributed by atoms with E-state index in [9.17, 15) is 8.42 Å². The van der Waals surface area contributed by atoms with Gasteiger partial charge in [-0.3, -0.25) is 4.72 Å². The predicted octanol–water partition coefficient (Wildman–Crippen LogP) is 3.52. The van der Waals surface area contributed by atoms with E-state index in [1.54, 1.807) is 25.2 Å². The molecule has 1 aromatic heterocycles. The summed E-state index contributed by atoms with van der Waals surface area (Å²) in [5.41, 5.74) is 1.27. The van der Waals surface area contributed by atoms with E-state index < -0.39 is 10.0 Å². The van der Waals surface area contributed by atoms with Gasteiger partial charge in [-0.25, -0.2) is 8.42 Å². The Balaban J connectivity index is 2.31. The van der Waals surface area contributed by atoms with Crippen LogP contribution in [0.3, 0.4) is 0 Å². The van der Waals surface area contributed by atoms with Crippen molar-refractivity contribution < 1.29 is 12.8 Å². The molecule has 0 unspecified atom stereocenters. The summed E-state index contributed by atoms with van der Waals surface area (Å²) < 4.78 is 32.7. The van der Waals surface area contributed by atoms with Crippen molar-refractivity contribution in [2.75, 3.05) is 11.8 Å². The first kappa shape index (κ1) is 16.4. The van der Waals surface area contributed by atoms with Crippen LogP contribution in [0.2, 0.25) is 5.02 Å². The largest absolute Gasteiger partial charge is 0.451 e. The van der Waals surface area contributed by atoms with Crippen molar-refractivity contribution in [3.8, 4) is 0 Å². The Bertz CT molecular complexity index is 759. The molecule has 21 heavy (non-hydrogen) atoms. The Morgan fingerprint density at radius 1 is 1.33 bits per heavy atom. The van der Waals surface area contributed by atoms with E-state index in [2.05, 4.69) is 26.0 Å². The van der Waals surface area contributed by atoms with Crippen LogP contribution < -0.4 is 10.0 Å². The first-order valence-corrected chi connectivity index (χ1v) is 8.70. The fourth-order valence-electron chi connectivity index (χ4n) is 1.71. The molecule has 0 aliphatic carbocycles. The third-order valence-corrected chi connectivity index (χ3v) is 5.42. The van der Waals surface area contributed by atoms with Gasteiger partial charge in [0.15, 0.2) is 4.67 Å². The fourth-order valence-corrected chi connectivity index (χ4v) is 3.94. The average Bonchev–Trinajstić information content (AvgIpc) is 2.76. The fraction of sp³-hybridized carbons (Fsp3) is 0.231. The minimum absolute atomic E-state index is 0.0458. The van der Waals surface area contributed by atoms with Crippen molar-refractivity contribution in [2.24, 2.45) is 0 Å². The third kappa shape index (κ3) is 3.79. The number of nitrogens with one attached hydrogen (secondary N) is 2. The standard InChI is InChI=1S/C13H14BrClN2O3S/c1-8-3-4-9(5-11(8)15)17-21(18,19)12-6-10(7-16-2)20-13(12)14/h3-6,16-17H,7H2,1-2H3. The van der Waals surface area contributed by atoms with Crippen molar-refractivity contribution in [1.82, 2.24) is 5.32 Å². The molecule has 8 heteroatoms. The Hall–Kier alpha value is -1.02. The van der Waals surface area contributed by atoms with Crippen LogP contribution in [0, 0.1) is 6.92 Å². The maximum atomic E-state index is 12.4. The van der Waals surface area contributed by atoms with E-state index in [0.717, 1.165) is 5.56 Å². The number of furan rings is 1. The van der Waals surface area contributed by atoms with Crippen LogP contribution in [0.4, 0.5) is 5.69 Å². The minimum Gasteiger partial charge on any atom is -0.451 e. The molecule has 0 aliphatic heterocycles. The van der Waals surface area contributed by atoms with E-state index in [-0.39, 0.29) is 9.56 Å². The lowest BCUT2D eigenvalue weighted by Crippen LogP contribution is -2.12. The van der Waals surface area contributed by atoms with Crippen LogP contribution >= 0.6 is 27.5 Å². The zero-order valence-corrected chi connectivity index (χ0v) is 14.6. The van der Waals surface area contributed by atoms with Crippen molar-refractivity contribution in [2.45, 2.75) is 18.4 Å². The summed E-state index contributed by atoms with van der Waals surface area (Å²) in [5.74, 6) is 0.520. The Kier molecular flexibility index (Phi) is 4.98. The lowest BCUT2D eigenvalue weighted by molar-refractivity contribution is 0.470. The molecule has 0 spiro atoms. The summed E-state index contributed by atoms with van der Waals surface area (Å²) in [6.07, 6.45) is 0. The van der Waals surface area contributed by atoms with Gasteiger partial charge in [0.25, 0.3) is 10.0 Å². The van der Waals surface area contributed by atoms with Gasteiger partial charge in [0.1, 0.15) is 10.7 Å². The number of rotatable bonds is 5. The summed E-state index contributed by atoms with van der Waals surface area (Å²) >= 11 is 9.12. The lowest BCUT2D eigenvalue weighted by Gasteiger charge is -2.08. The molecule has 0 fully saturated rings. The summed E-state index contributed by atoms with van der Waals surface area (Å²) in [6, 6.07) is 6.44. The molecule has 0 saturated heterocycles. The highest BCUT2D eigenvalue weighted by molar-refractivity contribution is 9.10. The summed E-state index contributed by atoms with van der Waals surface area (Å²) in [6.45, 7) is 2.28. The van der Waals surface area contributed by atoms with E-state index in [1.165, 1.54) is 6.07 Å². The number of hydrogen-bond acceptors (Lipinski definition) is 4. The number of aryl methyl sites for hydroxylation is 1. The number of hydrogen-bond donors (Lipinski definition) is 2. The van der Waals surface area contributed by atoms with Gasteiger partial charge in [-0.1, -0.05) is 17.7 Å². The second kappa shape index (κ2) is 6.39. The quantitative estimate of drug-likeness (QED) is 0.815. The Morgan fingerprint density at radius 3 is 2.67 bits per heavy atom. The van der Waals surface area contributed by atoms with Crippen LogP contribution in [-0.2, 0) is 16.6 Å². The highest BCUT2D eigenvalue weighted by Crippen LogP contribution is 2.29. The normalized spacial score (nSPS) is 11.6. The number of sulfonamides is 1. The highest BCUT2D eigenvalue weighted by atomic mass is 79.9. The Morgan fingerprint density at radius 2 is 2.05 bits per heavy atom. The third-order valence-electron chi connectivity index (χ3n) is 2.77. The Labute approximate surface area is 136 Å². The maximum Gasteiger partial charge on any atom is 0.266 e. The number of benzene rings is 1. The first-order chi connectivity index (χ1) is 9.83. The van der Waals surface area contributed by atoms with Gasteiger partial charge in [0.2, 0.25) is 0 Å². The van der Waals surface area contributed by atoms with Crippen LogP contribution in [-0.4, -0.2) is 15.5 Å². The molecule has 0 bridgehead atoms. The van der Waals surface area contributed by atoms with E-state index in [4.69, 9.17) is 16.0 Å². The molecule has 2 rings (SSSR count). The molecule has 0 aliphatic rings. The smallest absolute Gasteiger partial charge is 0.266 e. The van der Waals surface area contributed by atoms with E-state index in [0.29, 0.717) is 23.0 Å². The summed E-state index contributed by atoms with van der Waals surface area (Å²) in [5, 5.41) is 3.39. The molecule has 0 atom stereocenters. The monoisotopic (exact) mass is 392 g/mol. The number of anilines is 1. The highest BCUT2D eigenvalue weighted by Gasteiger charge is 2.22. The molecule has 1 aromatic carbocycles. The lowest BCUT2D eigenvalue weighted by atomic mass is 10.2. The second-order valence-electron chi connectivity index (χ2n) is 4.45. The zero-order chi connectivity index (χ0) is 15.6. The zero-order valence-electron chi connectivity index (χ0n) is 11.4. The van der Waals surface area contributed by atoms with Gasteiger partial charge in [-0.05, 0) is 47.6 Å². The van der Waals surface area contributed by atoms with Crippen LogP contribution in [0.25, 0.3) is 0 Å². The second-order valence-corrected chi connectivity index (χ2v) is 7.23. The van der Waals surface area contributed by atoms with Crippen molar-refractivity contribution in [3.05, 3.63) is 45.3 Å². The molecule has 0 saturated carbocycles. The molecule has 5 nitrogen and oxygen atoms in total. The van der Waals surface area contributed by atoms with Crippen molar-refractivity contribution in [3.63, 3.8) is 0 Å². The molecule has 0 radical (unpaired) electrons. The SMILES string of the molecule is CNCc1cc(S(=O)(=O)Nc2ccc(C)c(Cl)c2)c(Br)o1. The topological polar surface area (TPSA) is 71.3 Å². The molecular weight excluding hydrogens is 380 g/mol. The minimum atomic E-state index is -3.75. The van der Waals surface area contributed by atoms with Crippen molar-refractivity contribution >= 4 is 43.2 Å². The maximum absolute atomic E-state index is 12.4. The van der Waals surface area contributed by atoms with Gasteiger partial charge in [0.05, 0.1) is 12.2 Å². The molecule has 1 heterocycles. The molecule has 2 N–H and O–H groups in total. The van der Waals surface area contributed by atoms with Crippen LogP contribution in [0.15, 0.2) is 38.2 Å². The summed E-state index contributed by atoms with van der Waals surface area (Å²) in [4.78, 5) is 0.0458. The molecule has 114 valence electrons. The van der Waals surface area contributed by atoms with E-state index in [1.807, 2.05) is 6.92 Å². The van der Waals surface area contributed by atoms with Gasteiger partial charge in [-0.15, -0.1) is 0 Å². The average molecular weight is 394 g/mol. The van der Waals surface area contributed by atoms with Crippen molar-refractivity contribution in [1.29, 1.82) is 0 Å². The number of halogens is 2. The molecular formula is C13H14BrClN2O3S. The predicted molar refractivity (Wildman–Crippen MR) is 86.2 cm³/mol. The molecule has 0 amide bonds.